The summed E-state index contributed by atoms with van der Waals surface area (Å²) in [6.45, 7) is 4.21. The van der Waals surface area contributed by atoms with Gasteiger partial charge >= 0.3 is 0 Å². The van der Waals surface area contributed by atoms with Gasteiger partial charge in [-0.2, -0.15) is 0 Å². The van der Waals surface area contributed by atoms with E-state index in [1.165, 1.54) is 16.7 Å². The first-order valence-electron chi connectivity index (χ1n) is 6.77. The van der Waals surface area contributed by atoms with Gasteiger partial charge in [-0.05, 0) is 49.7 Å². The van der Waals surface area contributed by atoms with Crippen molar-refractivity contribution in [3.63, 3.8) is 0 Å². The van der Waals surface area contributed by atoms with E-state index in [0.717, 1.165) is 22.2 Å². The van der Waals surface area contributed by atoms with Gasteiger partial charge < -0.3 is 11.1 Å². The van der Waals surface area contributed by atoms with Gasteiger partial charge in [0, 0.05) is 22.3 Å². The fourth-order valence-corrected chi connectivity index (χ4v) is 2.89. The van der Waals surface area contributed by atoms with Crippen LogP contribution in [-0.4, -0.2) is 4.98 Å². The SMILES string of the molecule is Cc1ccc(C)c(-c2csc(Nc3ccc(N)cc3)n2)c1. The van der Waals surface area contributed by atoms with Crippen LogP contribution in [0.3, 0.4) is 0 Å². The highest BCUT2D eigenvalue weighted by Crippen LogP contribution is 2.29. The molecule has 1 heterocycles. The quantitative estimate of drug-likeness (QED) is 0.685. The molecule has 1 aromatic heterocycles. The molecule has 0 unspecified atom stereocenters. The highest BCUT2D eigenvalue weighted by molar-refractivity contribution is 7.14. The first-order chi connectivity index (χ1) is 10.1. The largest absolute Gasteiger partial charge is 0.399 e. The fourth-order valence-electron chi connectivity index (χ4n) is 2.16. The average Bonchev–Trinajstić information content (AvgIpc) is 2.92. The molecule has 0 amide bonds. The minimum absolute atomic E-state index is 0.760. The molecule has 2 aromatic carbocycles. The number of nitrogens with one attached hydrogen (secondary N) is 1. The molecular formula is C17H17N3S. The smallest absolute Gasteiger partial charge is 0.187 e. The van der Waals surface area contributed by atoms with Crippen molar-refractivity contribution in [3.8, 4) is 11.3 Å². The van der Waals surface area contributed by atoms with E-state index >= 15 is 0 Å². The predicted octanol–water partition coefficient (Wildman–Crippen LogP) is 4.75. The fraction of sp³-hybridized carbons (Fsp3) is 0.118. The highest BCUT2D eigenvalue weighted by Gasteiger charge is 2.07. The summed E-state index contributed by atoms with van der Waals surface area (Å²) in [5.41, 5.74) is 12.1. The number of thiazole rings is 1. The Morgan fingerprint density at radius 3 is 2.57 bits per heavy atom. The van der Waals surface area contributed by atoms with E-state index in [9.17, 15) is 0 Å². The molecule has 3 N–H and O–H groups in total. The second kappa shape index (κ2) is 5.58. The molecule has 0 aliphatic rings. The second-order valence-corrected chi connectivity index (χ2v) is 5.96. The lowest BCUT2D eigenvalue weighted by molar-refractivity contribution is 1.33. The number of aryl methyl sites for hydroxylation is 2. The Hall–Kier alpha value is -2.33. The minimum atomic E-state index is 0.760. The van der Waals surface area contributed by atoms with Crippen molar-refractivity contribution >= 4 is 27.8 Å². The molecule has 0 aliphatic carbocycles. The van der Waals surface area contributed by atoms with Crippen molar-refractivity contribution in [1.29, 1.82) is 0 Å². The van der Waals surface area contributed by atoms with Crippen LogP contribution in [0.15, 0.2) is 47.8 Å². The molecule has 3 nitrogen and oxygen atoms in total. The van der Waals surface area contributed by atoms with Crippen LogP contribution in [-0.2, 0) is 0 Å². The maximum atomic E-state index is 5.69. The monoisotopic (exact) mass is 295 g/mol. The van der Waals surface area contributed by atoms with Crippen LogP contribution < -0.4 is 11.1 Å². The Morgan fingerprint density at radius 2 is 1.81 bits per heavy atom. The van der Waals surface area contributed by atoms with E-state index in [1.54, 1.807) is 11.3 Å². The second-order valence-electron chi connectivity index (χ2n) is 5.10. The van der Waals surface area contributed by atoms with Gasteiger partial charge in [-0.15, -0.1) is 11.3 Å². The lowest BCUT2D eigenvalue weighted by Gasteiger charge is -2.04. The number of benzene rings is 2. The average molecular weight is 295 g/mol. The molecule has 0 bridgehead atoms. The van der Waals surface area contributed by atoms with E-state index < -0.39 is 0 Å². The van der Waals surface area contributed by atoms with Crippen LogP contribution in [0, 0.1) is 13.8 Å². The standard InChI is InChI=1S/C17H17N3S/c1-11-3-4-12(2)15(9-11)16-10-21-17(20-16)19-14-7-5-13(18)6-8-14/h3-10H,18H2,1-2H3,(H,19,20). The zero-order valence-electron chi connectivity index (χ0n) is 12.1. The van der Waals surface area contributed by atoms with Crippen LogP contribution in [0.2, 0.25) is 0 Å². The third kappa shape index (κ3) is 3.06. The van der Waals surface area contributed by atoms with Crippen LogP contribution in [0.4, 0.5) is 16.5 Å². The van der Waals surface area contributed by atoms with E-state index in [1.807, 2.05) is 24.3 Å². The normalized spacial score (nSPS) is 10.6. The number of anilines is 3. The maximum absolute atomic E-state index is 5.69. The minimum Gasteiger partial charge on any atom is -0.399 e. The molecule has 0 aliphatic heterocycles. The summed E-state index contributed by atoms with van der Waals surface area (Å²) in [6, 6.07) is 14.1. The Bertz CT molecular complexity index is 760. The molecule has 106 valence electrons. The van der Waals surface area contributed by atoms with Crippen LogP contribution in [0.1, 0.15) is 11.1 Å². The van der Waals surface area contributed by atoms with Gasteiger partial charge in [-0.1, -0.05) is 17.7 Å². The number of nitrogens with zero attached hydrogens (tertiary/aromatic N) is 1. The number of nitrogens with two attached hydrogens (primary N) is 1. The number of aromatic nitrogens is 1. The zero-order chi connectivity index (χ0) is 14.8. The summed E-state index contributed by atoms with van der Waals surface area (Å²) >= 11 is 1.60. The van der Waals surface area contributed by atoms with Gasteiger partial charge in [0.1, 0.15) is 0 Å². The van der Waals surface area contributed by atoms with Crippen molar-refractivity contribution in [2.24, 2.45) is 0 Å². The molecule has 4 heteroatoms. The third-order valence-electron chi connectivity index (χ3n) is 3.34. The van der Waals surface area contributed by atoms with Gasteiger partial charge in [0.2, 0.25) is 0 Å². The molecule has 0 fully saturated rings. The first kappa shape index (κ1) is 13.6. The summed E-state index contributed by atoms with van der Waals surface area (Å²) in [5, 5.41) is 6.28. The molecule has 21 heavy (non-hydrogen) atoms. The van der Waals surface area contributed by atoms with E-state index in [2.05, 4.69) is 47.7 Å². The summed E-state index contributed by atoms with van der Waals surface area (Å²) in [6.07, 6.45) is 0. The van der Waals surface area contributed by atoms with Gasteiger partial charge in [0.05, 0.1) is 5.69 Å². The Morgan fingerprint density at radius 1 is 1.05 bits per heavy atom. The van der Waals surface area contributed by atoms with Crippen molar-refractivity contribution < 1.29 is 0 Å². The summed E-state index contributed by atoms with van der Waals surface area (Å²) < 4.78 is 0. The zero-order valence-corrected chi connectivity index (χ0v) is 12.9. The van der Waals surface area contributed by atoms with E-state index in [-0.39, 0.29) is 0 Å². The number of hydrogen-bond donors (Lipinski definition) is 2. The van der Waals surface area contributed by atoms with Crippen molar-refractivity contribution in [2.75, 3.05) is 11.1 Å². The van der Waals surface area contributed by atoms with Gasteiger partial charge in [-0.25, -0.2) is 4.98 Å². The van der Waals surface area contributed by atoms with Gasteiger partial charge in [-0.3, -0.25) is 0 Å². The molecule has 3 aromatic rings. The van der Waals surface area contributed by atoms with Gasteiger partial charge in [0.15, 0.2) is 5.13 Å². The number of rotatable bonds is 3. The molecule has 0 radical (unpaired) electrons. The molecule has 0 spiro atoms. The molecule has 0 atom stereocenters. The number of hydrogen-bond acceptors (Lipinski definition) is 4. The topological polar surface area (TPSA) is 50.9 Å². The summed E-state index contributed by atoms with van der Waals surface area (Å²) in [4.78, 5) is 4.68. The van der Waals surface area contributed by atoms with Crippen LogP contribution >= 0.6 is 11.3 Å². The molecular weight excluding hydrogens is 278 g/mol. The Kier molecular flexibility index (Phi) is 3.62. The van der Waals surface area contributed by atoms with Crippen LogP contribution in [0.5, 0.6) is 0 Å². The predicted molar refractivity (Wildman–Crippen MR) is 91.2 cm³/mol. The first-order valence-corrected chi connectivity index (χ1v) is 7.65. The summed E-state index contributed by atoms with van der Waals surface area (Å²) in [7, 11) is 0. The van der Waals surface area contributed by atoms with E-state index in [0.29, 0.717) is 0 Å². The summed E-state index contributed by atoms with van der Waals surface area (Å²) in [5.74, 6) is 0. The maximum Gasteiger partial charge on any atom is 0.187 e. The van der Waals surface area contributed by atoms with Crippen molar-refractivity contribution in [2.45, 2.75) is 13.8 Å². The molecule has 0 saturated carbocycles. The Balaban J connectivity index is 1.86. The molecule has 0 saturated heterocycles. The van der Waals surface area contributed by atoms with Crippen molar-refractivity contribution in [1.82, 2.24) is 4.98 Å². The van der Waals surface area contributed by atoms with Crippen LogP contribution in [0.25, 0.3) is 11.3 Å². The third-order valence-corrected chi connectivity index (χ3v) is 4.09. The van der Waals surface area contributed by atoms with E-state index in [4.69, 9.17) is 5.73 Å². The Labute approximate surface area is 128 Å². The lowest BCUT2D eigenvalue weighted by Crippen LogP contribution is -1.91. The van der Waals surface area contributed by atoms with Gasteiger partial charge in [0.25, 0.3) is 0 Å². The van der Waals surface area contributed by atoms with Crippen molar-refractivity contribution in [3.05, 3.63) is 59.0 Å². The molecule has 3 rings (SSSR count). The lowest BCUT2D eigenvalue weighted by atomic mass is 10.0. The number of nitrogen functional groups attached to an aromatic ring is 1. The highest BCUT2D eigenvalue weighted by atomic mass is 32.1.